The number of hydrogen-bond donors (Lipinski definition) is 0. The number of hydrogen-bond acceptors (Lipinski definition) is 4. The standard InChI is InChI=1S/C65H57N3O/c1-2-6-46(7-3-1)47-10-12-48(13-11-47)49-14-16-51(17-15-49)61-66-62(52-20-24-55(25-21-52)65-37-43-29-44(38-65)31-45(30-43)39-65)68-63(67-61)58-33-53(32-57-56-8-4-5-9-59(56)69-60(57)58)50-18-22-54(23-19-50)64-34-40-26-41(35-64)28-42(27-40)36-64/h1-25,32-33,40-45H,26-31,34-39H2. The summed E-state index contributed by atoms with van der Waals surface area (Å²) in [5.41, 5.74) is 15.4. The van der Waals surface area contributed by atoms with Crippen LogP contribution in [0.1, 0.15) is 88.2 Å². The number of benzene rings is 7. The van der Waals surface area contributed by atoms with Crippen LogP contribution in [0.3, 0.4) is 0 Å². The van der Waals surface area contributed by atoms with Crippen LogP contribution in [-0.4, -0.2) is 15.0 Å². The first-order chi connectivity index (χ1) is 33.9. The molecular formula is C65H57N3O. The minimum Gasteiger partial charge on any atom is -0.455 e. The zero-order valence-corrected chi connectivity index (χ0v) is 39.3. The van der Waals surface area contributed by atoms with Gasteiger partial charge in [0, 0.05) is 21.9 Å². The van der Waals surface area contributed by atoms with Gasteiger partial charge < -0.3 is 4.42 Å². The van der Waals surface area contributed by atoms with Gasteiger partial charge in [-0.2, -0.15) is 0 Å². The quantitative estimate of drug-likeness (QED) is 0.152. The van der Waals surface area contributed by atoms with Crippen LogP contribution >= 0.6 is 0 Å². The molecule has 2 heterocycles. The highest BCUT2D eigenvalue weighted by molar-refractivity contribution is 6.11. The van der Waals surface area contributed by atoms with Gasteiger partial charge in [0.15, 0.2) is 17.5 Å². The molecule has 4 heteroatoms. The van der Waals surface area contributed by atoms with Crippen LogP contribution in [0, 0.1) is 35.5 Å². The molecule has 69 heavy (non-hydrogen) atoms. The summed E-state index contributed by atoms with van der Waals surface area (Å²) < 4.78 is 6.81. The third-order valence-electron chi connectivity index (χ3n) is 18.5. The van der Waals surface area contributed by atoms with Crippen LogP contribution in [0.25, 0.3) is 89.5 Å². The molecule has 0 unspecified atom stereocenters. The van der Waals surface area contributed by atoms with Gasteiger partial charge in [-0.25, -0.2) is 15.0 Å². The van der Waals surface area contributed by atoms with Crippen molar-refractivity contribution in [3.8, 4) is 67.5 Å². The Morgan fingerprint density at radius 1 is 0.333 bits per heavy atom. The largest absolute Gasteiger partial charge is 0.455 e. The average molecular weight is 896 g/mol. The Morgan fingerprint density at radius 3 is 1.20 bits per heavy atom. The molecule has 8 fully saturated rings. The zero-order chi connectivity index (χ0) is 45.3. The lowest BCUT2D eigenvalue weighted by molar-refractivity contribution is -0.00530. The van der Waals surface area contributed by atoms with E-state index in [-0.39, 0.29) is 0 Å². The Kier molecular flexibility index (Phi) is 9.00. The summed E-state index contributed by atoms with van der Waals surface area (Å²) >= 11 is 0. The first-order valence-electron chi connectivity index (χ1n) is 26.1. The normalized spacial score (nSPS) is 27.4. The molecule has 17 rings (SSSR count). The van der Waals surface area contributed by atoms with E-state index in [0.717, 1.165) is 85.3 Å². The molecule has 0 amide bonds. The van der Waals surface area contributed by atoms with Crippen LogP contribution in [0.5, 0.6) is 0 Å². The second-order valence-corrected chi connectivity index (χ2v) is 22.9. The Morgan fingerprint density at radius 2 is 0.710 bits per heavy atom. The van der Waals surface area contributed by atoms with Gasteiger partial charge in [0.1, 0.15) is 11.2 Å². The number of aromatic nitrogens is 3. The van der Waals surface area contributed by atoms with E-state index in [9.17, 15) is 0 Å². The molecule has 0 radical (unpaired) electrons. The molecule has 0 N–H and O–H groups in total. The number of rotatable bonds is 8. The molecule has 7 aromatic carbocycles. The summed E-state index contributed by atoms with van der Waals surface area (Å²) in [4.78, 5) is 16.1. The molecule has 0 saturated heterocycles. The third-order valence-corrected chi connectivity index (χ3v) is 18.5. The fraction of sp³-hybridized carbons (Fsp3) is 0.308. The van der Waals surface area contributed by atoms with E-state index < -0.39 is 0 Å². The van der Waals surface area contributed by atoms with Gasteiger partial charge in [0.05, 0.1) is 5.56 Å². The molecule has 4 nitrogen and oxygen atoms in total. The lowest BCUT2D eigenvalue weighted by Crippen LogP contribution is -2.48. The van der Waals surface area contributed by atoms with Gasteiger partial charge in [-0.05, 0) is 186 Å². The maximum atomic E-state index is 6.81. The van der Waals surface area contributed by atoms with Gasteiger partial charge >= 0.3 is 0 Å². The molecule has 8 saturated carbocycles. The van der Waals surface area contributed by atoms with E-state index >= 15 is 0 Å². The maximum Gasteiger partial charge on any atom is 0.167 e. The van der Waals surface area contributed by atoms with Crippen molar-refractivity contribution in [3.05, 3.63) is 175 Å². The molecule has 0 atom stereocenters. The van der Waals surface area contributed by atoms with E-state index in [1.165, 1.54) is 105 Å². The highest BCUT2D eigenvalue weighted by Crippen LogP contribution is 2.62. The second-order valence-electron chi connectivity index (χ2n) is 22.9. The highest BCUT2D eigenvalue weighted by Gasteiger charge is 2.52. The van der Waals surface area contributed by atoms with Crippen LogP contribution < -0.4 is 0 Å². The van der Waals surface area contributed by atoms with Gasteiger partial charge in [0.2, 0.25) is 0 Å². The van der Waals surface area contributed by atoms with Crippen molar-refractivity contribution in [2.45, 2.75) is 87.9 Å². The van der Waals surface area contributed by atoms with Crippen molar-refractivity contribution in [3.63, 3.8) is 0 Å². The average Bonchev–Trinajstić information content (AvgIpc) is 3.77. The Bertz CT molecular complexity index is 3350. The van der Waals surface area contributed by atoms with E-state index in [0.29, 0.717) is 28.3 Å². The number of para-hydroxylation sites is 1. The molecule has 0 aliphatic heterocycles. The number of fused-ring (bicyclic) bond motifs is 3. The summed E-state index contributed by atoms with van der Waals surface area (Å²) in [7, 11) is 0. The van der Waals surface area contributed by atoms with E-state index in [1.807, 2.05) is 0 Å². The van der Waals surface area contributed by atoms with Crippen molar-refractivity contribution < 1.29 is 4.42 Å². The lowest BCUT2D eigenvalue weighted by Gasteiger charge is -2.57. The van der Waals surface area contributed by atoms with Gasteiger partial charge in [0.25, 0.3) is 0 Å². The smallest absolute Gasteiger partial charge is 0.167 e. The molecule has 338 valence electrons. The van der Waals surface area contributed by atoms with Crippen LogP contribution in [0.2, 0.25) is 0 Å². The van der Waals surface area contributed by atoms with Crippen LogP contribution in [0.4, 0.5) is 0 Å². The van der Waals surface area contributed by atoms with Crippen molar-refractivity contribution >= 4 is 21.9 Å². The highest BCUT2D eigenvalue weighted by atomic mass is 16.3. The molecule has 2 aromatic heterocycles. The van der Waals surface area contributed by atoms with E-state index in [1.54, 1.807) is 5.56 Å². The number of nitrogens with zero attached hydrogens (tertiary/aromatic N) is 3. The third kappa shape index (κ3) is 6.79. The van der Waals surface area contributed by atoms with E-state index in [2.05, 4.69) is 164 Å². The molecule has 9 aromatic rings. The van der Waals surface area contributed by atoms with Crippen molar-refractivity contribution in [1.29, 1.82) is 0 Å². The Hall–Kier alpha value is -6.65. The van der Waals surface area contributed by atoms with Crippen LogP contribution in [-0.2, 0) is 10.8 Å². The van der Waals surface area contributed by atoms with Crippen LogP contribution in [0.15, 0.2) is 168 Å². The minimum absolute atomic E-state index is 0.326. The molecule has 8 aliphatic carbocycles. The van der Waals surface area contributed by atoms with Crippen molar-refractivity contribution in [1.82, 2.24) is 15.0 Å². The molecule has 8 bridgehead atoms. The summed E-state index contributed by atoms with van der Waals surface area (Å²) in [5, 5.41) is 2.18. The van der Waals surface area contributed by atoms with E-state index in [4.69, 9.17) is 19.4 Å². The SMILES string of the molecule is c1ccc(-c2ccc(-c3ccc(-c4nc(-c5ccc(C67CC8CC(CC(C8)C6)C7)cc5)nc(-c5cc(-c6ccc(C78CC9CC(CC(C9)C7)C8)cc6)cc6c5oc5ccccc56)n4)cc3)cc2)cc1. The van der Waals surface area contributed by atoms with Gasteiger partial charge in [-0.3, -0.25) is 0 Å². The number of furan rings is 1. The van der Waals surface area contributed by atoms with Gasteiger partial charge in [-0.1, -0.05) is 146 Å². The first-order valence-corrected chi connectivity index (χ1v) is 26.1. The minimum atomic E-state index is 0.326. The summed E-state index contributed by atoms with van der Waals surface area (Å²) in [6.45, 7) is 0. The molecular weight excluding hydrogens is 839 g/mol. The predicted octanol–water partition coefficient (Wildman–Crippen LogP) is 16.7. The fourth-order valence-corrected chi connectivity index (χ4v) is 16.1. The lowest BCUT2D eigenvalue weighted by atomic mass is 9.48. The summed E-state index contributed by atoms with van der Waals surface area (Å²) in [6, 6.07) is 60.2. The molecule has 8 aliphatic rings. The first kappa shape index (κ1) is 40.3. The second kappa shape index (κ2) is 15.4. The van der Waals surface area contributed by atoms with Gasteiger partial charge in [-0.15, -0.1) is 0 Å². The predicted molar refractivity (Wildman–Crippen MR) is 279 cm³/mol. The summed E-state index contributed by atoms with van der Waals surface area (Å²) in [6.07, 6.45) is 16.9. The van der Waals surface area contributed by atoms with Crippen molar-refractivity contribution in [2.75, 3.05) is 0 Å². The topological polar surface area (TPSA) is 51.8 Å². The fourth-order valence-electron chi connectivity index (χ4n) is 16.1. The Balaban J connectivity index is 0.841. The summed E-state index contributed by atoms with van der Waals surface area (Å²) in [5.74, 6) is 7.40. The monoisotopic (exact) mass is 895 g/mol. The van der Waals surface area contributed by atoms with Crippen molar-refractivity contribution in [2.24, 2.45) is 35.5 Å². The maximum absolute atomic E-state index is 6.81. The Labute approximate surface area is 405 Å². The molecule has 0 spiro atoms. The zero-order valence-electron chi connectivity index (χ0n) is 39.3.